The van der Waals surface area contributed by atoms with Crippen LogP contribution in [0.3, 0.4) is 0 Å². The topological polar surface area (TPSA) is 50.2 Å². The van der Waals surface area contributed by atoms with Gasteiger partial charge in [0.25, 0.3) is 0 Å². The molecule has 0 aliphatic heterocycles. The summed E-state index contributed by atoms with van der Waals surface area (Å²) in [6, 6.07) is 3.82. The highest BCUT2D eigenvalue weighted by Gasteiger charge is 1.94. The van der Waals surface area contributed by atoms with Crippen LogP contribution in [-0.2, 0) is 0 Å². The Kier molecular flexibility index (Phi) is 3.04. The Labute approximate surface area is 91.7 Å². The van der Waals surface area contributed by atoms with E-state index in [4.69, 9.17) is 0 Å². The summed E-state index contributed by atoms with van der Waals surface area (Å²) in [6.07, 6.45) is 5.11. The Bertz CT molecular complexity index is 449. The Balaban J connectivity index is 2.00. The standard InChI is InChI=1S/C10H10N4S/c1-8-3-6-15-9(8)7-13-14-10-11-4-2-5-12-10/h2-7H,1H3,(H,11,12,14)/b13-7-. The predicted molar refractivity (Wildman–Crippen MR) is 62.3 cm³/mol. The van der Waals surface area contributed by atoms with Gasteiger partial charge < -0.3 is 0 Å². The fourth-order valence-corrected chi connectivity index (χ4v) is 1.81. The number of rotatable bonds is 3. The molecule has 0 bridgehead atoms. The molecule has 0 aromatic carbocycles. The first-order valence-electron chi connectivity index (χ1n) is 4.46. The molecule has 0 saturated heterocycles. The van der Waals surface area contributed by atoms with Gasteiger partial charge in [-0.3, -0.25) is 0 Å². The second-order valence-corrected chi connectivity index (χ2v) is 3.86. The molecule has 0 saturated carbocycles. The molecule has 0 fully saturated rings. The molecule has 4 nitrogen and oxygen atoms in total. The van der Waals surface area contributed by atoms with Gasteiger partial charge in [-0.05, 0) is 30.0 Å². The van der Waals surface area contributed by atoms with E-state index >= 15 is 0 Å². The fraction of sp³-hybridized carbons (Fsp3) is 0.100. The van der Waals surface area contributed by atoms with Crippen molar-refractivity contribution in [2.24, 2.45) is 5.10 Å². The maximum atomic E-state index is 4.06. The van der Waals surface area contributed by atoms with Gasteiger partial charge in [-0.2, -0.15) is 5.10 Å². The van der Waals surface area contributed by atoms with Crippen LogP contribution in [0.4, 0.5) is 5.95 Å². The molecule has 0 atom stereocenters. The Morgan fingerprint density at radius 3 is 2.87 bits per heavy atom. The zero-order valence-corrected chi connectivity index (χ0v) is 9.03. The molecule has 15 heavy (non-hydrogen) atoms. The van der Waals surface area contributed by atoms with Crippen LogP contribution in [-0.4, -0.2) is 16.2 Å². The molecule has 0 unspecified atom stereocenters. The normalized spacial score (nSPS) is 10.7. The van der Waals surface area contributed by atoms with Crippen LogP contribution >= 0.6 is 11.3 Å². The van der Waals surface area contributed by atoms with Gasteiger partial charge >= 0.3 is 0 Å². The van der Waals surface area contributed by atoms with Gasteiger partial charge in [0.1, 0.15) is 0 Å². The average molecular weight is 218 g/mol. The van der Waals surface area contributed by atoms with E-state index in [1.807, 2.05) is 5.38 Å². The van der Waals surface area contributed by atoms with E-state index < -0.39 is 0 Å². The maximum absolute atomic E-state index is 4.06. The van der Waals surface area contributed by atoms with E-state index in [0.717, 1.165) is 4.88 Å². The third-order valence-corrected chi connectivity index (χ3v) is 2.77. The first kappa shape index (κ1) is 9.79. The summed E-state index contributed by atoms with van der Waals surface area (Å²) in [6.45, 7) is 2.05. The number of anilines is 1. The van der Waals surface area contributed by atoms with Crippen molar-refractivity contribution >= 4 is 23.5 Å². The molecule has 0 amide bonds. The molecule has 0 aliphatic rings. The van der Waals surface area contributed by atoms with Crippen molar-refractivity contribution in [3.8, 4) is 0 Å². The number of aromatic nitrogens is 2. The van der Waals surface area contributed by atoms with E-state index in [-0.39, 0.29) is 0 Å². The van der Waals surface area contributed by atoms with Crippen molar-refractivity contribution in [3.63, 3.8) is 0 Å². The van der Waals surface area contributed by atoms with Gasteiger partial charge in [0.15, 0.2) is 0 Å². The average Bonchev–Trinajstić information content (AvgIpc) is 2.66. The number of hydrazone groups is 1. The SMILES string of the molecule is Cc1ccsc1/C=N\Nc1ncccn1. The molecule has 5 heteroatoms. The van der Waals surface area contributed by atoms with Crippen LogP contribution < -0.4 is 5.43 Å². The zero-order chi connectivity index (χ0) is 10.5. The lowest BCUT2D eigenvalue weighted by Gasteiger charge is -1.95. The van der Waals surface area contributed by atoms with Gasteiger partial charge in [0, 0.05) is 17.3 Å². The molecule has 76 valence electrons. The highest BCUT2D eigenvalue weighted by Crippen LogP contribution is 2.12. The van der Waals surface area contributed by atoms with Gasteiger partial charge in [0.2, 0.25) is 5.95 Å². The third-order valence-electron chi connectivity index (χ3n) is 1.81. The summed E-state index contributed by atoms with van der Waals surface area (Å²) in [4.78, 5) is 9.11. The largest absolute Gasteiger partial charge is 0.245 e. The van der Waals surface area contributed by atoms with E-state index in [1.54, 1.807) is 36.0 Å². The Morgan fingerprint density at radius 1 is 1.40 bits per heavy atom. The van der Waals surface area contributed by atoms with Crippen LogP contribution in [0.25, 0.3) is 0 Å². The summed E-state index contributed by atoms with van der Waals surface area (Å²) in [5, 5.41) is 6.09. The predicted octanol–water partition coefficient (Wildman–Crippen LogP) is 2.29. The lowest BCUT2D eigenvalue weighted by atomic mass is 10.3. The Hall–Kier alpha value is -1.75. The monoisotopic (exact) mass is 218 g/mol. The van der Waals surface area contributed by atoms with Crippen molar-refractivity contribution in [2.45, 2.75) is 6.92 Å². The molecule has 0 radical (unpaired) electrons. The Morgan fingerprint density at radius 2 is 2.20 bits per heavy atom. The minimum atomic E-state index is 0.503. The first-order chi connectivity index (χ1) is 7.36. The minimum Gasteiger partial charge on any atom is -0.245 e. The van der Waals surface area contributed by atoms with Crippen molar-refractivity contribution in [1.29, 1.82) is 0 Å². The summed E-state index contributed by atoms with van der Waals surface area (Å²) < 4.78 is 0. The van der Waals surface area contributed by atoms with Gasteiger partial charge in [-0.25, -0.2) is 15.4 Å². The molecule has 2 aromatic rings. The second kappa shape index (κ2) is 4.65. The van der Waals surface area contributed by atoms with Crippen LogP contribution in [0.15, 0.2) is 35.0 Å². The number of aryl methyl sites for hydroxylation is 1. The van der Waals surface area contributed by atoms with Crippen LogP contribution in [0.2, 0.25) is 0 Å². The molecule has 2 rings (SSSR count). The van der Waals surface area contributed by atoms with Crippen LogP contribution in [0.1, 0.15) is 10.4 Å². The highest BCUT2D eigenvalue weighted by molar-refractivity contribution is 7.11. The summed E-state index contributed by atoms with van der Waals surface area (Å²) >= 11 is 1.65. The van der Waals surface area contributed by atoms with E-state index in [1.165, 1.54) is 5.56 Å². The second-order valence-electron chi connectivity index (χ2n) is 2.91. The van der Waals surface area contributed by atoms with Crippen molar-refractivity contribution in [2.75, 3.05) is 5.43 Å². The molecule has 1 N–H and O–H groups in total. The van der Waals surface area contributed by atoms with Gasteiger partial charge in [-0.15, -0.1) is 11.3 Å². The number of nitrogens with zero attached hydrogens (tertiary/aromatic N) is 3. The number of thiophene rings is 1. The third kappa shape index (κ3) is 2.60. The summed E-state index contributed by atoms with van der Waals surface area (Å²) in [7, 11) is 0. The zero-order valence-electron chi connectivity index (χ0n) is 8.21. The smallest absolute Gasteiger partial charge is 0.243 e. The maximum Gasteiger partial charge on any atom is 0.243 e. The van der Waals surface area contributed by atoms with Gasteiger partial charge in [0.05, 0.1) is 6.21 Å². The molecule has 2 aromatic heterocycles. The fourth-order valence-electron chi connectivity index (χ4n) is 1.02. The minimum absolute atomic E-state index is 0.503. The van der Waals surface area contributed by atoms with Crippen LogP contribution in [0.5, 0.6) is 0 Å². The van der Waals surface area contributed by atoms with E-state index in [2.05, 4.69) is 33.5 Å². The highest BCUT2D eigenvalue weighted by atomic mass is 32.1. The molecule has 0 spiro atoms. The van der Waals surface area contributed by atoms with Gasteiger partial charge in [-0.1, -0.05) is 0 Å². The molecular weight excluding hydrogens is 208 g/mol. The van der Waals surface area contributed by atoms with E-state index in [0.29, 0.717) is 5.95 Å². The first-order valence-corrected chi connectivity index (χ1v) is 5.34. The van der Waals surface area contributed by atoms with E-state index in [9.17, 15) is 0 Å². The lowest BCUT2D eigenvalue weighted by molar-refractivity contribution is 1.12. The number of hydrogen-bond acceptors (Lipinski definition) is 5. The number of nitrogens with one attached hydrogen (secondary N) is 1. The molecule has 0 aliphatic carbocycles. The number of hydrogen-bond donors (Lipinski definition) is 1. The quantitative estimate of drug-likeness (QED) is 0.635. The summed E-state index contributed by atoms with van der Waals surface area (Å²) in [5.41, 5.74) is 3.99. The summed E-state index contributed by atoms with van der Waals surface area (Å²) in [5.74, 6) is 0.503. The van der Waals surface area contributed by atoms with Crippen molar-refractivity contribution in [3.05, 3.63) is 40.3 Å². The van der Waals surface area contributed by atoms with Crippen LogP contribution in [0, 0.1) is 6.92 Å². The molecular formula is C10H10N4S. The van der Waals surface area contributed by atoms with Crippen molar-refractivity contribution in [1.82, 2.24) is 9.97 Å². The molecule has 2 heterocycles. The lowest BCUT2D eigenvalue weighted by Crippen LogP contribution is -1.94. The van der Waals surface area contributed by atoms with Crippen molar-refractivity contribution < 1.29 is 0 Å².